The van der Waals surface area contributed by atoms with Gasteiger partial charge >= 0.3 is 5.97 Å². The summed E-state index contributed by atoms with van der Waals surface area (Å²) in [4.78, 5) is 25.7. The lowest BCUT2D eigenvalue weighted by atomic mass is 9.79. The predicted molar refractivity (Wildman–Crippen MR) is 80.5 cm³/mol. The minimum atomic E-state index is -1.05. The molecule has 0 aliphatic carbocycles. The van der Waals surface area contributed by atoms with Gasteiger partial charge in [0.15, 0.2) is 0 Å². The van der Waals surface area contributed by atoms with Gasteiger partial charge in [-0.3, -0.25) is 4.79 Å². The van der Waals surface area contributed by atoms with E-state index in [0.717, 1.165) is 16.4 Å². The summed E-state index contributed by atoms with van der Waals surface area (Å²) in [6.07, 6.45) is 1.27. The highest BCUT2D eigenvalue weighted by atomic mass is 32.2. The molecular formula is C13H19NO4S2. The van der Waals surface area contributed by atoms with E-state index in [1.54, 1.807) is 18.7 Å². The molecule has 1 amide bonds. The van der Waals surface area contributed by atoms with Crippen LogP contribution < -0.4 is 0 Å². The van der Waals surface area contributed by atoms with Crippen molar-refractivity contribution in [2.24, 2.45) is 11.8 Å². The van der Waals surface area contributed by atoms with Gasteiger partial charge in [0.25, 0.3) is 0 Å². The average Bonchev–Trinajstić information content (AvgIpc) is 2.60. The number of thioether (sulfide) groups is 2. The van der Waals surface area contributed by atoms with Crippen molar-refractivity contribution in [2.75, 3.05) is 17.8 Å². The molecule has 0 bridgehead atoms. The molecule has 0 aromatic carbocycles. The van der Waals surface area contributed by atoms with Crippen molar-refractivity contribution >= 4 is 35.4 Å². The van der Waals surface area contributed by atoms with Crippen molar-refractivity contribution < 1.29 is 19.8 Å². The Morgan fingerprint density at radius 2 is 2.10 bits per heavy atom. The number of carboxylic acids is 1. The van der Waals surface area contributed by atoms with E-state index in [-0.39, 0.29) is 23.6 Å². The largest absolute Gasteiger partial charge is 0.477 e. The van der Waals surface area contributed by atoms with Crippen molar-refractivity contribution in [3.8, 4) is 0 Å². The van der Waals surface area contributed by atoms with Gasteiger partial charge in [-0.15, -0.1) is 11.8 Å². The van der Waals surface area contributed by atoms with E-state index in [9.17, 15) is 19.8 Å². The highest BCUT2D eigenvalue weighted by molar-refractivity contribution is 8.05. The second kappa shape index (κ2) is 5.99. The molecule has 0 unspecified atom stereocenters. The monoisotopic (exact) mass is 317 g/mol. The van der Waals surface area contributed by atoms with E-state index >= 15 is 0 Å². The Morgan fingerprint density at radius 1 is 1.45 bits per heavy atom. The van der Waals surface area contributed by atoms with Crippen LogP contribution in [0.4, 0.5) is 0 Å². The zero-order valence-electron chi connectivity index (χ0n) is 11.7. The van der Waals surface area contributed by atoms with Gasteiger partial charge in [0, 0.05) is 22.3 Å². The first-order valence-corrected chi connectivity index (χ1v) is 8.90. The molecule has 0 radical (unpaired) electrons. The standard InChI is InChI=1S/C13H19NO4S2/c1-6-9-8(7(2)15)12(16)14(9)10(13(17)18)11(6)20-5-4-19-3/h6-9,15H,4-5H2,1-3H3,(H,17,18)/t6-,7-,8-,9-/m1/s1. The smallest absolute Gasteiger partial charge is 0.353 e. The number of hydrogen-bond donors (Lipinski definition) is 2. The highest BCUT2D eigenvalue weighted by Crippen LogP contribution is 2.50. The van der Waals surface area contributed by atoms with Crippen LogP contribution in [0, 0.1) is 11.8 Å². The lowest BCUT2D eigenvalue weighted by Crippen LogP contribution is -2.63. The Morgan fingerprint density at radius 3 is 2.60 bits per heavy atom. The number of β-lactam (4-membered cyclic amide) rings is 1. The van der Waals surface area contributed by atoms with Gasteiger partial charge in [-0.1, -0.05) is 6.92 Å². The van der Waals surface area contributed by atoms with Crippen molar-refractivity contribution in [1.29, 1.82) is 0 Å². The van der Waals surface area contributed by atoms with Crippen LogP contribution in [0.5, 0.6) is 0 Å². The van der Waals surface area contributed by atoms with Gasteiger partial charge in [-0.25, -0.2) is 4.79 Å². The fourth-order valence-corrected chi connectivity index (χ4v) is 4.89. The van der Waals surface area contributed by atoms with Crippen LogP contribution in [-0.4, -0.2) is 56.9 Å². The molecule has 0 aromatic rings. The molecular weight excluding hydrogens is 298 g/mol. The topological polar surface area (TPSA) is 77.8 Å². The molecule has 4 atom stereocenters. The lowest BCUT2D eigenvalue weighted by Gasteiger charge is -2.46. The summed E-state index contributed by atoms with van der Waals surface area (Å²) < 4.78 is 0. The van der Waals surface area contributed by atoms with Crippen molar-refractivity contribution in [1.82, 2.24) is 4.90 Å². The van der Waals surface area contributed by atoms with Crippen LogP contribution in [0.1, 0.15) is 13.8 Å². The molecule has 20 heavy (non-hydrogen) atoms. The molecule has 2 N–H and O–H groups in total. The molecule has 112 valence electrons. The van der Waals surface area contributed by atoms with Crippen molar-refractivity contribution in [2.45, 2.75) is 26.0 Å². The number of aliphatic carboxylic acids is 1. The minimum Gasteiger partial charge on any atom is -0.477 e. The lowest BCUT2D eigenvalue weighted by molar-refractivity contribution is -0.163. The Labute approximate surface area is 126 Å². The van der Waals surface area contributed by atoms with E-state index in [1.807, 2.05) is 13.2 Å². The summed E-state index contributed by atoms with van der Waals surface area (Å²) in [6, 6.07) is -0.203. The number of amides is 1. The van der Waals surface area contributed by atoms with Crippen molar-refractivity contribution in [3.05, 3.63) is 10.6 Å². The van der Waals surface area contributed by atoms with Crippen LogP contribution in [0.3, 0.4) is 0 Å². The molecule has 2 aliphatic rings. The Hall–Kier alpha value is -0.660. The Bertz CT molecular complexity index is 463. The normalized spacial score (nSPS) is 30.3. The molecule has 2 aliphatic heterocycles. The van der Waals surface area contributed by atoms with Gasteiger partial charge in [0.1, 0.15) is 5.70 Å². The van der Waals surface area contributed by atoms with Crippen LogP contribution in [-0.2, 0) is 9.59 Å². The van der Waals surface area contributed by atoms with Gasteiger partial charge in [-0.2, -0.15) is 11.8 Å². The molecule has 7 heteroatoms. The highest BCUT2D eigenvalue weighted by Gasteiger charge is 2.59. The quantitative estimate of drug-likeness (QED) is 0.567. The van der Waals surface area contributed by atoms with Gasteiger partial charge in [0.05, 0.1) is 18.1 Å². The van der Waals surface area contributed by atoms with Gasteiger partial charge in [-0.05, 0) is 13.2 Å². The number of carbonyl (C=O) groups excluding carboxylic acids is 1. The van der Waals surface area contributed by atoms with E-state index in [0.29, 0.717) is 0 Å². The zero-order chi connectivity index (χ0) is 15.0. The molecule has 0 spiro atoms. The fourth-order valence-electron chi connectivity index (χ4n) is 2.95. The number of fused-ring (bicyclic) bond motifs is 1. The average molecular weight is 317 g/mol. The third kappa shape index (κ3) is 2.35. The number of carbonyl (C=O) groups is 2. The number of nitrogens with zero attached hydrogens (tertiary/aromatic N) is 1. The Kier molecular flexibility index (Phi) is 4.71. The van der Waals surface area contributed by atoms with E-state index in [2.05, 4.69) is 0 Å². The fraction of sp³-hybridized carbons (Fsp3) is 0.692. The maximum absolute atomic E-state index is 12.1. The second-order valence-electron chi connectivity index (χ2n) is 5.11. The summed E-state index contributed by atoms with van der Waals surface area (Å²) in [7, 11) is 0. The molecule has 2 heterocycles. The van der Waals surface area contributed by atoms with Gasteiger partial charge < -0.3 is 15.1 Å². The first kappa shape index (κ1) is 15.7. The van der Waals surface area contributed by atoms with E-state index in [4.69, 9.17) is 0 Å². The second-order valence-corrected chi connectivity index (χ2v) is 7.24. The number of rotatable bonds is 6. The third-order valence-electron chi connectivity index (χ3n) is 3.86. The summed E-state index contributed by atoms with van der Waals surface area (Å²) in [5.41, 5.74) is 0.121. The van der Waals surface area contributed by atoms with Crippen LogP contribution in [0.15, 0.2) is 10.6 Å². The number of aliphatic hydroxyl groups is 1. The summed E-state index contributed by atoms with van der Waals surface area (Å²) in [5, 5.41) is 19.1. The summed E-state index contributed by atoms with van der Waals surface area (Å²) in [5.74, 6) is -0.0563. The number of aliphatic hydroxyl groups excluding tert-OH is 1. The van der Waals surface area contributed by atoms with E-state index < -0.39 is 18.0 Å². The molecule has 2 rings (SSSR count). The maximum atomic E-state index is 12.1. The van der Waals surface area contributed by atoms with Gasteiger partial charge in [0.2, 0.25) is 5.91 Å². The predicted octanol–water partition coefficient (Wildman–Crippen LogP) is 1.24. The SMILES string of the molecule is CSCCSC1=C(C(=O)O)N2C(=O)[C@H]([C@@H](C)O)[C@H]2[C@H]1C. The first-order valence-electron chi connectivity index (χ1n) is 6.52. The summed E-state index contributed by atoms with van der Waals surface area (Å²) in [6.45, 7) is 3.53. The maximum Gasteiger partial charge on any atom is 0.353 e. The first-order chi connectivity index (χ1) is 9.41. The van der Waals surface area contributed by atoms with E-state index in [1.165, 1.54) is 16.7 Å². The molecule has 1 saturated heterocycles. The number of hydrogen-bond acceptors (Lipinski definition) is 5. The molecule has 1 fully saturated rings. The van der Waals surface area contributed by atoms with Crippen LogP contribution >= 0.6 is 23.5 Å². The van der Waals surface area contributed by atoms with Crippen molar-refractivity contribution in [3.63, 3.8) is 0 Å². The molecule has 0 saturated carbocycles. The minimum absolute atomic E-state index is 0.0229. The molecule has 5 nitrogen and oxygen atoms in total. The van der Waals surface area contributed by atoms with Crippen LogP contribution in [0.25, 0.3) is 0 Å². The Balaban J connectivity index is 2.25. The zero-order valence-corrected chi connectivity index (χ0v) is 13.3. The third-order valence-corrected chi connectivity index (χ3v) is 6.01. The molecule has 0 aromatic heterocycles. The van der Waals surface area contributed by atoms with Crippen LogP contribution in [0.2, 0.25) is 0 Å². The summed E-state index contributed by atoms with van der Waals surface area (Å²) >= 11 is 3.23. The number of carboxylic acid groups (broad SMARTS) is 1.